The van der Waals surface area contributed by atoms with Gasteiger partial charge in [0.25, 0.3) is 5.91 Å². The molecule has 2 rings (SSSR count). The molecule has 120 valence electrons. The molecule has 1 aliphatic carbocycles. The molecule has 5 nitrogen and oxygen atoms in total. The van der Waals surface area contributed by atoms with Crippen LogP contribution in [0, 0.1) is 0 Å². The SMILES string of the molecule is O=C(NC1(C(=O)O)CCCC1)c1cccc(OC(F)(F)F)c1. The number of ether oxygens (including phenoxy) is 1. The molecule has 0 bridgehead atoms. The second-order valence-electron chi connectivity index (χ2n) is 5.12. The number of aliphatic carboxylic acids is 1. The maximum Gasteiger partial charge on any atom is 0.573 e. The largest absolute Gasteiger partial charge is 0.573 e. The number of halogens is 3. The van der Waals surface area contributed by atoms with Crippen LogP contribution < -0.4 is 10.1 Å². The van der Waals surface area contributed by atoms with Gasteiger partial charge < -0.3 is 15.2 Å². The Morgan fingerprint density at radius 3 is 2.41 bits per heavy atom. The first-order valence-corrected chi connectivity index (χ1v) is 6.64. The lowest BCUT2D eigenvalue weighted by atomic mass is 9.97. The van der Waals surface area contributed by atoms with Gasteiger partial charge in [0.1, 0.15) is 11.3 Å². The summed E-state index contributed by atoms with van der Waals surface area (Å²) in [7, 11) is 0. The van der Waals surface area contributed by atoms with Crippen molar-refractivity contribution in [1.29, 1.82) is 0 Å². The van der Waals surface area contributed by atoms with E-state index in [2.05, 4.69) is 10.1 Å². The van der Waals surface area contributed by atoms with Crippen molar-refractivity contribution in [2.45, 2.75) is 37.6 Å². The monoisotopic (exact) mass is 317 g/mol. The molecule has 1 aromatic rings. The molecule has 0 aliphatic heterocycles. The molecular weight excluding hydrogens is 303 g/mol. The molecule has 0 atom stereocenters. The van der Waals surface area contributed by atoms with Gasteiger partial charge in [0.05, 0.1) is 0 Å². The van der Waals surface area contributed by atoms with Crippen LogP contribution in [-0.2, 0) is 4.79 Å². The van der Waals surface area contributed by atoms with E-state index in [4.69, 9.17) is 0 Å². The molecule has 0 spiro atoms. The van der Waals surface area contributed by atoms with Gasteiger partial charge in [0.15, 0.2) is 0 Å². The summed E-state index contributed by atoms with van der Waals surface area (Å²) in [4.78, 5) is 23.5. The van der Waals surface area contributed by atoms with E-state index in [-0.39, 0.29) is 5.56 Å². The highest BCUT2D eigenvalue weighted by Crippen LogP contribution is 2.30. The van der Waals surface area contributed by atoms with Crippen molar-refractivity contribution in [1.82, 2.24) is 5.32 Å². The molecule has 0 heterocycles. The van der Waals surface area contributed by atoms with Crippen molar-refractivity contribution in [3.8, 4) is 5.75 Å². The average Bonchev–Trinajstić information content (AvgIpc) is 2.87. The molecule has 0 radical (unpaired) electrons. The van der Waals surface area contributed by atoms with E-state index in [1.165, 1.54) is 12.1 Å². The second kappa shape index (κ2) is 5.86. The number of carbonyl (C=O) groups is 2. The predicted molar refractivity (Wildman–Crippen MR) is 69.4 cm³/mol. The fourth-order valence-corrected chi connectivity index (χ4v) is 2.49. The zero-order chi connectivity index (χ0) is 16.4. The van der Waals surface area contributed by atoms with Gasteiger partial charge in [-0.2, -0.15) is 0 Å². The summed E-state index contributed by atoms with van der Waals surface area (Å²) in [6.45, 7) is 0. The number of hydrogen-bond acceptors (Lipinski definition) is 3. The molecule has 8 heteroatoms. The zero-order valence-electron chi connectivity index (χ0n) is 11.4. The van der Waals surface area contributed by atoms with Gasteiger partial charge >= 0.3 is 12.3 Å². The Morgan fingerprint density at radius 1 is 1.23 bits per heavy atom. The van der Waals surface area contributed by atoms with E-state index in [0.29, 0.717) is 25.7 Å². The highest BCUT2D eigenvalue weighted by Gasteiger charge is 2.42. The number of carboxylic acid groups (broad SMARTS) is 1. The molecule has 1 amide bonds. The van der Waals surface area contributed by atoms with Crippen LogP contribution in [0.25, 0.3) is 0 Å². The molecule has 0 aromatic heterocycles. The first-order valence-electron chi connectivity index (χ1n) is 6.64. The quantitative estimate of drug-likeness (QED) is 0.895. The van der Waals surface area contributed by atoms with Gasteiger partial charge in [-0.3, -0.25) is 4.79 Å². The van der Waals surface area contributed by atoms with Gasteiger partial charge in [-0.05, 0) is 31.0 Å². The summed E-state index contributed by atoms with van der Waals surface area (Å²) in [5.74, 6) is -2.41. The summed E-state index contributed by atoms with van der Waals surface area (Å²) >= 11 is 0. The minimum atomic E-state index is -4.86. The van der Waals surface area contributed by atoms with Gasteiger partial charge in [0.2, 0.25) is 0 Å². The topological polar surface area (TPSA) is 75.6 Å². The molecular formula is C14H14F3NO4. The molecule has 1 aromatic carbocycles. The Bertz CT molecular complexity index is 580. The van der Waals surface area contributed by atoms with Crippen molar-refractivity contribution in [2.75, 3.05) is 0 Å². The number of benzene rings is 1. The maximum atomic E-state index is 12.2. The van der Waals surface area contributed by atoms with E-state index in [1.807, 2.05) is 0 Å². The Morgan fingerprint density at radius 2 is 1.86 bits per heavy atom. The fourth-order valence-electron chi connectivity index (χ4n) is 2.49. The van der Waals surface area contributed by atoms with Crippen LogP contribution in [0.2, 0.25) is 0 Å². The van der Waals surface area contributed by atoms with Gasteiger partial charge in [-0.1, -0.05) is 18.9 Å². The molecule has 22 heavy (non-hydrogen) atoms. The summed E-state index contributed by atoms with van der Waals surface area (Å²) < 4.78 is 40.2. The standard InChI is InChI=1S/C14H14F3NO4/c15-14(16,17)22-10-5-3-4-9(8-10)11(19)18-13(12(20)21)6-1-2-7-13/h3-5,8H,1-2,6-7H2,(H,18,19)(H,20,21). The third-order valence-corrected chi connectivity index (χ3v) is 3.55. The van der Waals surface area contributed by atoms with Crippen molar-refractivity contribution in [3.63, 3.8) is 0 Å². The lowest BCUT2D eigenvalue weighted by Crippen LogP contribution is -2.52. The fraction of sp³-hybridized carbons (Fsp3) is 0.429. The van der Waals surface area contributed by atoms with Crippen LogP contribution in [0.5, 0.6) is 5.75 Å². The van der Waals surface area contributed by atoms with E-state index in [9.17, 15) is 27.9 Å². The van der Waals surface area contributed by atoms with Crippen LogP contribution in [0.4, 0.5) is 13.2 Å². The molecule has 2 N–H and O–H groups in total. The number of hydrogen-bond donors (Lipinski definition) is 2. The molecule has 1 saturated carbocycles. The maximum absolute atomic E-state index is 12.2. The first-order chi connectivity index (χ1) is 10.2. The number of alkyl halides is 3. The number of carbonyl (C=O) groups excluding carboxylic acids is 1. The summed E-state index contributed by atoms with van der Waals surface area (Å²) in [5.41, 5.74) is -1.44. The normalized spacial score (nSPS) is 17.0. The van der Waals surface area contributed by atoms with Gasteiger partial charge in [-0.25, -0.2) is 4.79 Å². The van der Waals surface area contributed by atoms with E-state index >= 15 is 0 Å². The lowest BCUT2D eigenvalue weighted by molar-refractivity contribution is -0.274. The Kier molecular flexibility index (Phi) is 4.30. The zero-order valence-corrected chi connectivity index (χ0v) is 11.4. The summed E-state index contributed by atoms with van der Waals surface area (Å²) in [5, 5.41) is 11.7. The van der Waals surface area contributed by atoms with Crippen molar-refractivity contribution >= 4 is 11.9 Å². The van der Waals surface area contributed by atoms with E-state index in [1.54, 1.807) is 0 Å². The number of nitrogens with one attached hydrogen (secondary N) is 1. The minimum absolute atomic E-state index is 0.0886. The Labute approximate surface area is 124 Å². The molecule has 1 fully saturated rings. The van der Waals surface area contributed by atoms with Crippen LogP contribution >= 0.6 is 0 Å². The Balaban J connectivity index is 2.16. The highest BCUT2D eigenvalue weighted by atomic mass is 19.4. The van der Waals surface area contributed by atoms with Crippen LogP contribution in [0.15, 0.2) is 24.3 Å². The highest BCUT2D eigenvalue weighted by molar-refractivity contribution is 5.98. The molecule has 1 aliphatic rings. The minimum Gasteiger partial charge on any atom is -0.480 e. The second-order valence-corrected chi connectivity index (χ2v) is 5.12. The smallest absolute Gasteiger partial charge is 0.480 e. The van der Waals surface area contributed by atoms with Crippen LogP contribution in [0.1, 0.15) is 36.0 Å². The average molecular weight is 317 g/mol. The third-order valence-electron chi connectivity index (χ3n) is 3.55. The summed E-state index contributed by atoms with van der Waals surface area (Å²) in [6, 6.07) is 4.52. The van der Waals surface area contributed by atoms with E-state index < -0.39 is 29.5 Å². The van der Waals surface area contributed by atoms with Crippen LogP contribution in [-0.4, -0.2) is 28.9 Å². The van der Waals surface area contributed by atoms with E-state index in [0.717, 1.165) is 12.1 Å². The summed E-state index contributed by atoms with van der Waals surface area (Å²) in [6.07, 6.45) is -2.92. The van der Waals surface area contributed by atoms with Crippen molar-refractivity contribution < 1.29 is 32.6 Å². The Hall–Kier alpha value is -2.25. The van der Waals surface area contributed by atoms with Gasteiger partial charge in [0, 0.05) is 5.56 Å². The van der Waals surface area contributed by atoms with Crippen LogP contribution in [0.3, 0.4) is 0 Å². The lowest BCUT2D eigenvalue weighted by Gasteiger charge is -2.25. The first kappa shape index (κ1) is 16.1. The van der Waals surface area contributed by atoms with Crippen molar-refractivity contribution in [2.24, 2.45) is 0 Å². The molecule has 0 saturated heterocycles. The van der Waals surface area contributed by atoms with Crippen molar-refractivity contribution in [3.05, 3.63) is 29.8 Å². The van der Waals surface area contributed by atoms with Gasteiger partial charge in [-0.15, -0.1) is 13.2 Å². The number of amides is 1. The number of carboxylic acids is 1. The molecule has 0 unspecified atom stereocenters. The predicted octanol–water partition coefficient (Wildman–Crippen LogP) is 2.71. The third kappa shape index (κ3) is 3.69. The number of rotatable bonds is 4.